The highest BCUT2D eigenvalue weighted by atomic mass is 79.9. The molecule has 5 nitrogen and oxygen atoms in total. The Morgan fingerprint density at radius 2 is 1.85 bits per heavy atom. The molecule has 0 unspecified atom stereocenters. The van der Waals surface area contributed by atoms with Crippen LogP contribution in [0.25, 0.3) is 16.1 Å². The second kappa shape index (κ2) is 7.14. The Bertz CT molecular complexity index is 948. The van der Waals surface area contributed by atoms with Crippen molar-refractivity contribution in [2.75, 3.05) is 18.0 Å². The van der Waals surface area contributed by atoms with Crippen molar-refractivity contribution in [1.82, 2.24) is 10.2 Å². The van der Waals surface area contributed by atoms with E-state index in [0.29, 0.717) is 11.4 Å². The number of nitrogens with zero attached hydrogens (tertiary/aromatic N) is 4. The van der Waals surface area contributed by atoms with Crippen LogP contribution in [0.4, 0.5) is 11.5 Å². The summed E-state index contributed by atoms with van der Waals surface area (Å²) in [5.74, 6) is 1.55. The van der Waals surface area contributed by atoms with Gasteiger partial charge in [-0.25, -0.2) is 4.85 Å². The average molecular weight is 407 g/mol. The molecule has 0 N–H and O–H groups in total. The summed E-state index contributed by atoms with van der Waals surface area (Å²) in [4.78, 5) is 5.56. The summed E-state index contributed by atoms with van der Waals surface area (Å²) < 4.78 is 6.85. The largest absolute Gasteiger partial charge is 0.487 e. The first kappa shape index (κ1) is 16.6. The summed E-state index contributed by atoms with van der Waals surface area (Å²) >= 11 is 3.47. The van der Waals surface area contributed by atoms with E-state index in [1.54, 1.807) is 12.1 Å². The molecule has 128 valence electrons. The standard InChI is InChI=1S/C20H15BrN4O/c1-22-15-7-8-17(21)19(11-15)26-16-12-25(13-16)20-10-9-18(23-24-20)14-5-3-2-4-6-14/h2-11,16H,12-13H2. The van der Waals surface area contributed by atoms with Gasteiger partial charge in [0.1, 0.15) is 11.9 Å². The SMILES string of the molecule is [C-]#[N+]c1ccc(Br)c(OC2CN(c3ccc(-c4ccccc4)nn3)C2)c1. The fourth-order valence-corrected chi connectivity index (χ4v) is 3.13. The lowest BCUT2D eigenvalue weighted by Crippen LogP contribution is -2.54. The second-order valence-electron chi connectivity index (χ2n) is 6.01. The third kappa shape index (κ3) is 3.39. The first-order chi connectivity index (χ1) is 12.7. The van der Waals surface area contributed by atoms with Gasteiger partial charge in [0.05, 0.1) is 29.8 Å². The lowest BCUT2D eigenvalue weighted by molar-refractivity contribution is 0.165. The second-order valence-corrected chi connectivity index (χ2v) is 6.87. The van der Waals surface area contributed by atoms with Gasteiger partial charge in [0.15, 0.2) is 11.5 Å². The minimum absolute atomic E-state index is 0.0721. The molecule has 1 aliphatic heterocycles. The Morgan fingerprint density at radius 3 is 2.54 bits per heavy atom. The van der Waals surface area contributed by atoms with Gasteiger partial charge in [-0.2, -0.15) is 0 Å². The fraction of sp³-hybridized carbons (Fsp3) is 0.150. The molecule has 3 aromatic rings. The molecule has 0 radical (unpaired) electrons. The number of hydrogen-bond donors (Lipinski definition) is 0. The zero-order valence-electron chi connectivity index (χ0n) is 13.8. The molecule has 1 saturated heterocycles. The van der Waals surface area contributed by atoms with Crippen molar-refractivity contribution in [3.63, 3.8) is 0 Å². The maximum atomic E-state index is 7.11. The van der Waals surface area contributed by atoms with Gasteiger partial charge < -0.3 is 9.64 Å². The Labute approximate surface area is 160 Å². The van der Waals surface area contributed by atoms with Crippen molar-refractivity contribution in [1.29, 1.82) is 0 Å². The average Bonchev–Trinajstić information content (AvgIpc) is 2.66. The molecule has 0 bridgehead atoms. The van der Waals surface area contributed by atoms with Crippen LogP contribution in [0.15, 0.2) is 65.1 Å². The van der Waals surface area contributed by atoms with E-state index in [1.807, 2.05) is 48.5 Å². The van der Waals surface area contributed by atoms with E-state index in [2.05, 4.69) is 35.9 Å². The van der Waals surface area contributed by atoms with Gasteiger partial charge in [-0.15, -0.1) is 10.2 Å². The molecule has 4 rings (SSSR count). The number of rotatable bonds is 4. The Hall–Kier alpha value is -2.91. The third-order valence-electron chi connectivity index (χ3n) is 4.23. The molecule has 6 heteroatoms. The number of aromatic nitrogens is 2. The van der Waals surface area contributed by atoms with Crippen LogP contribution in [-0.4, -0.2) is 29.4 Å². The summed E-state index contributed by atoms with van der Waals surface area (Å²) in [6, 6.07) is 19.3. The molecule has 0 amide bonds. The van der Waals surface area contributed by atoms with Gasteiger partial charge in [-0.3, -0.25) is 0 Å². The quantitative estimate of drug-likeness (QED) is 0.587. The molecule has 1 aliphatic rings. The van der Waals surface area contributed by atoms with Crippen LogP contribution < -0.4 is 9.64 Å². The van der Waals surface area contributed by atoms with E-state index in [0.717, 1.165) is 34.6 Å². The van der Waals surface area contributed by atoms with E-state index < -0.39 is 0 Å². The lowest BCUT2D eigenvalue weighted by Gasteiger charge is -2.39. The van der Waals surface area contributed by atoms with Crippen LogP contribution >= 0.6 is 15.9 Å². The van der Waals surface area contributed by atoms with Crippen LogP contribution in [0.1, 0.15) is 0 Å². The first-order valence-electron chi connectivity index (χ1n) is 8.21. The topological polar surface area (TPSA) is 42.6 Å². The van der Waals surface area contributed by atoms with Crippen LogP contribution in [-0.2, 0) is 0 Å². The number of halogens is 1. The van der Waals surface area contributed by atoms with Gasteiger partial charge in [0.25, 0.3) is 0 Å². The van der Waals surface area contributed by atoms with Crippen LogP contribution in [0, 0.1) is 6.57 Å². The van der Waals surface area contributed by atoms with Crippen LogP contribution in [0.5, 0.6) is 5.75 Å². The predicted octanol–water partition coefficient (Wildman–Crippen LogP) is 4.72. The van der Waals surface area contributed by atoms with Gasteiger partial charge >= 0.3 is 0 Å². The Morgan fingerprint density at radius 1 is 1.04 bits per heavy atom. The molecular formula is C20H15BrN4O. The maximum Gasteiger partial charge on any atom is 0.190 e. The lowest BCUT2D eigenvalue weighted by atomic mass is 10.1. The molecule has 1 fully saturated rings. The molecule has 26 heavy (non-hydrogen) atoms. The summed E-state index contributed by atoms with van der Waals surface area (Å²) in [5, 5.41) is 8.66. The maximum absolute atomic E-state index is 7.11. The molecule has 2 aromatic carbocycles. The Kier molecular flexibility index (Phi) is 4.55. The minimum Gasteiger partial charge on any atom is -0.487 e. The van der Waals surface area contributed by atoms with Gasteiger partial charge in [-0.05, 0) is 34.1 Å². The van der Waals surface area contributed by atoms with Crippen molar-refractivity contribution in [2.24, 2.45) is 0 Å². The smallest absolute Gasteiger partial charge is 0.190 e. The van der Waals surface area contributed by atoms with Crippen molar-refractivity contribution in [2.45, 2.75) is 6.10 Å². The highest BCUT2D eigenvalue weighted by Crippen LogP contribution is 2.32. The normalized spacial score (nSPS) is 13.8. The molecule has 1 aromatic heterocycles. The first-order valence-corrected chi connectivity index (χ1v) is 9.00. The zero-order valence-corrected chi connectivity index (χ0v) is 15.4. The summed E-state index contributed by atoms with van der Waals surface area (Å²) in [7, 11) is 0. The summed E-state index contributed by atoms with van der Waals surface area (Å²) in [5.41, 5.74) is 2.49. The number of hydrogen-bond acceptors (Lipinski definition) is 4. The van der Waals surface area contributed by atoms with Crippen LogP contribution in [0.2, 0.25) is 0 Å². The zero-order chi connectivity index (χ0) is 17.9. The molecule has 0 atom stereocenters. The number of anilines is 1. The predicted molar refractivity (Wildman–Crippen MR) is 105 cm³/mol. The molecule has 0 saturated carbocycles. The van der Waals surface area contributed by atoms with Crippen molar-refractivity contribution in [3.8, 4) is 17.0 Å². The van der Waals surface area contributed by atoms with E-state index in [1.165, 1.54) is 0 Å². The molecular weight excluding hydrogens is 392 g/mol. The van der Waals surface area contributed by atoms with Crippen molar-refractivity contribution >= 4 is 27.4 Å². The third-order valence-corrected chi connectivity index (χ3v) is 4.88. The van der Waals surface area contributed by atoms with E-state index in [4.69, 9.17) is 11.3 Å². The van der Waals surface area contributed by atoms with E-state index in [-0.39, 0.29) is 6.10 Å². The fourth-order valence-electron chi connectivity index (χ4n) is 2.79. The van der Waals surface area contributed by atoms with E-state index in [9.17, 15) is 0 Å². The van der Waals surface area contributed by atoms with Crippen LogP contribution in [0.3, 0.4) is 0 Å². The van der Waals surface area contributed by atoms with Gasteiger partial charge in [0.2, 0.25) is 0 Å². The van der Waals surface area contributed by atoms with Crippen molar-refractivity contribution in [3.05, 3.63) is 76.6 Å². The number of ether oxygens (including phenoxy) is 1. The molecule has 0 aliphatic carbocycles. The molecule has 0 spiro atoms. The summed E-state index contributed by atoms with van der Waals surface area (Å²) in [6.45, 7) is 8.59. The van der Waals surface area contributed by atoms with Gasteiger partial charge in [-0.1, -0.05) is 42.5 Å². The Balaban J connectivity index is 1.39. The summed E-state index contributed by atoms with van der Waals surface area (Å²) in [6.07, 6.45) is 0.0721. The number of benzene rings is 2. The van der Waals surface area contributed by atoms with Gasteiger partial charge in [0, 0.05) is 5.56 Å². The molecule has 2 heterocycles. The van der Waals surface area contributed by atoms with Crippen molar-refractivity contribution < 1.29 is 4.74 Å². The highest BCUT2D eigenvalue weighted by Gasteiger charge is 2.30. The van der Waals surface area contributed by atoms with E-state index >= 15 is 0 Å². The monoisotopic (exact) mass is 406 g/mol. The highest BCUT2D eigenvalue weighted by molar-refractivity contribution is 9.10. The minimum atomic E-state index is 0.0721.